The second-order valence-electron chi connectivity index (χ2n) is 2.84. The molecule has 0 aliphatic heterocycles. The van der Waals surface area contributed by atoms with Crippen molar-refractivity contribution in [3.63, 3.8) is 0 Å². The highest BCUT2D eigenvalue weighted by molar-refractivity contribution is 5.03. The average Bonchev–Trinajstić information content (AvgIpc) is 2.08. The molecule has 0 atom stereocenters. The van der Waals surface area contributed by atoms with Crippen LogP contribution in [0.4, 0.5) is 0 Å². The molecule has 0 saturated heterocycles. The fraction of sp³-hybridized carbons (Fsp3) is 0.455. The third-order valence-corrected chi connectivity index (χ3v) is 1.79. The summed E-state index contributed by atoms with van der Waals surface area (Å²) in [7, 11) is 0. The van der Waals surface area contributed by atoms with Gasteiger partial charge < -0.3 is 0 Å². The topological polar surface area (TPSA) is 0 Å². The fourth-order valence-electron chi connectivity index (χ4n) is 1.13. The van der Waals surface area contributed by atoms with Gasteiger partial charge in [-0.15, -0.1) is 0 Å². The second kappa shape index (κ2) is 5.96. The van der Waals surface area contributed by atoms with E-state index in [9.17, 15) is 0 Å². The van der Waals surface area contributed by atoms with Gasteiger partial charge in [-0.3, -0.25) is 0 Å². The van der Waals surface area contributed by atoms with Crippen LogP contribution in [-0.4, -0.2) is 0 Å². The summed E-state index contributed by atoms with van der Waals surface area (Å²) in [6.07, 6.45) is 19.5. The van der Waals surface area contributed by atoms with E-state index in [-0.39, 0.29) is 0 Å². The van der Waals surface area contributed by atoms with Crippen LogP contribution in [0.2, 0.25) is 0 Å². The Morgan fingerprint density at radius 1 is 0.545 bits per heavy atom. The highest BCUT2D eigenvalue weighted by Gasteiger charge is 1.82. The Morgan fingerprint density at radius 2 is 1.09 bits per heavy atom. The van der Waals surface area contributed by atoms with Crippen molar-refractivity contribution in [2.24, 2.45) is 0 Å². The van der Waals surface area contributed by atoms with Crippen LogP contribution in [0.3, 0.4) is 0 Å². The maximum Gasteiger partial charge on any atom is -0.0313 e. The van der Waals surface area contributed by atoms with E-state index in [2.05, 4.69) is 36.5 Å². The fourth-order valence-corrected chi connectivity index (χ4v) is 1.13. The second-order valence-corrected chi connectivity index (χ2v) is 2.84. The first-order valence-corrected chi connectivity index (χ1v) is 4.47. The molecule has 0 unspecified atom stereocenters. The van der Waals surface area contributed by atoms with E-state index in [1.807, 2.05) is 0 Å². The standard InChI is InChI=1S/C11H16/c1-2-4-6-8-10-11-9-7-5-3-1/h1-4,9,11H,5-8,10H2/b3-1?,4-2-,11-9-. The highest BCUT2D eigenvalue weighted by Crippen LogP contribution is 2.02. The zero-order valence-electron chi connectivity index (χ0n) is 7.00. The minimum atomic E-state index is 1.18. The molecule has 0 amide bonds. The van der Waals surface area contributed by atoms with Crippen LogP contribution in [0.25, 0.3) is 0 Å². The zero-order chi connectivity index (χ0) is 7.78. The van der Waals surface area contributed by atoms with Crippen molar-refractivity contribution in [3.05, 3.63) is 36.5 Å². The van der Waals surface area contributed by atoms with Gasteiger partial charge in [0, 0.05) is 0 Å². The van der Waals surface area contributed by atoms with Gasteiger partial charge in [-0.05, 0) is 32.1 Å². The van der Waals surface area contributed by atoms with E-state index in [0.717, 1.165) is 0 Å². The van der Waals surface area contributed by atoms with E-state index >= 15 is 0 Å². The molecular formula is C11H16. The van der Waals surface area contributed by atoms with Gasteiger partial charge in [0.25, 0.3) is 0 Å². The molecule has 1 rings (SSSR count). The summed E-state index contributed by atoms with van der Waals surface area (Å²) in [6, 6.07) is 0. The van der Waals surface area contributed by atoms with Crippen molar-refractivity contribution in [2.75, 3.05) is 0 Å². The first-order chi connectivity index (χ1) is 5.50. The first kappa shape index (κ1) is 8.32. The van der Waals surface area contributed by atoms with Gasteiger partial charge in [-0.25, -0.2) is 0 Å². The SMILES string of the molecule is C1=CCC/C=C\CCC/C=C\1. The van der Waals surface area contributed by atoms with Crippen molar-refractivity contribution < 1.29 is 0 Å². The van der Waals surface area contributed by atoms with Gasteiger partial charge >= 0.3 is 0 Å². The number of allylic oxidation sites excluding steroid dienone is 6. The molecule has 0 nitrogen and oxygen atoms in total. The summed E-state index contributed by atoms with van der Waals surface area (Å²) < 4.78 is 0. The molecule has 0 aromatic rings. The normalized spacial score (nSPS) is 25.5. The molecule has 1 aliphatic rings. The lowest BCUT2D eigenvalue weighted by atomic mass is 10.2. The molecular weight excluding hydrogens is 132 g/mol. The summed E-state index contributed by atoms with van der Waals surface area (Å²) in [5, 5.41) is 0. The molecule has 0 heterocycles. The number of hydrogen-bond donors (Lipinski definition) is 0. The van der Waals surface area contributed by atoms with Crippen LogP contribution >= 0.6 is 0 Å². The summed E-state index contributed by atoms with van der Waals surface area (Å²) in [5.41, 5.74) is 0. The maximum absolute atomic E-state index is 2.30. The third kappa shape index (κ3) is 4.60. The summed E-state index contributed by atoms with van der Waals surface area (Å²) >= 11 is 0. The molecule has 0 N–H and O–H groups in total. The van der Waals surface area contributed by atoms with Crippen molar-refractivity contribution >= 4 is 0 Å². The lowest BCUT2D eigenvalue weighted by molar-refractivity contribution is 0.864. The maximum atomic E-state index is 2.30. The number of hydrogen-bond acceptors (Lipinski definition) is 0. The summed E-state index contributed by atoms with van der Waals surface area (Å²) in [4.78, 5) is 0. The van der Waals surface area contributed by atoms with Crippen molar-refractivity contribution in [1.82, 2.24) is 0 Å². The van der Waals surface area contributed by atoms with Crippen LogP contribution < -0.4 is 0 Å². The Bertz CT molecular complexity index is 161. The lowest BCUT2D eigenvalue weighted by Gasteiger charge is -1.88. The molecule has 1 aliphatic carbocycles. The van der Waals surface area contributed by atoms with Gasteiger partial charge in [0.15, 0.2) is 0 Å². The molecule has 0 fully saturated rings. The minimum Gasteiger partial charge on any atom is -0.0885 e. The van der Waals surface area contributed by atoms with Crippen molar-refractivity contribution in [2.45, 2.75) is 32.1 Å². The predicted molar refractivity (Wildman–Crippen MR) is 50.5 cm³/mol. The van der Waals surface area contributed by atoms with E-state index in [1.165, 1.54) is 32.1 Å². The minimum absolute atomic E-state index is 1.18. The van der Waals surface area contributed by atoms with Gasteiger partial charge in [-0.2, -0.15) is 0 Å². The number of rotatable bonds is 0. The Labute approximate surface area is 69.3 Å². The quantitative estimate of drug-likeness (QED) is 0.460. The van der Waals surface area contributed by atoms with Crippen LogP contribution in [0.1, 0.15) is 32.1 Å². The monoisotopic (exact) mass is 148 g/mol. The molecule has 0 heteroatoms. The highest BCUT2D eigenvalue weighted by atomic mass is 13.9. The van der Waals surface area contributed by atoms with E-state index in [0.29, 0.717) is 0 Å². The first-order valence-electron chi connectivity index (χ1n) is 4.47. The smallest absolute Gasteiger partial charge is 0.0313 e. The van der Waals surface area contributed by atoms with Crippen LogP contribution in [-0.2, 0) is 0 Å². The van der Waals surface area contributed by atoms with Gasteiger partial charge in [0.1, 0.15) is 0 Å². The molecule has 60 valence electrons. The van der Waals surface area contributed by atoms with Gasteiger partial charge in [-0.1, -0.05) is 36.5 Å². The van der Waals surface area contributed by atoms with Crippen LogP contribution in [0, 0.1) is 0 Å². The Balaban J connectivity index is 2.34. The van der Waals surface area contributed by atoms with Gasteiger partial charge in [0.05, 0.1) is 0 Å². The van der Waals surface area contributed by atoms with Crippen molar-refractivity contribution in [3.8, 4) is 0 Å². The Hall–Kier alpha value is -0.780. The molecule has 0 bridgehead atoms. The summed E-state index contributed by atoms with van der Waals surface area (Å²) in [5.74, 6) is 0. The van der Waals surface area contributed by atoms with E-state index < -0.39 is 0 Å². The Kier molecular flexibility index (Phi) is 4.51. The predicted octanol–water partition coefficient (Wildman–Crippen LogP) is 3.62. The molecule has 0 aromatic heterocycles. The average molecular weight is 148 g/mol. The van der Waals surface area contributed by atoms with Crippen LogP contribution in [0.15, 0.2) is 36.5 Å². The van der Waals surface area contributed by atoms with Crippen LogP contribution in [0.5, 0.6) is 0 Å². The van der Waals surface area contributed by atoms with Crippen molar-refractivity contribution in [1.29, 1.82) is 0 Å². The zero-order valence-corrected chi connectivity index (χ0v) is 7.00. The molecule has 0 radical (unpaired) electrons. The largest absolute Gasteiger partial charge is 0.0885 e. The summed E-state index contributed by atoms with van der Waals surface area (Å²) in [6.45, 7) is 0. The van der Waals surface area contributed by atoms with E-state index in [1.54, 1.807) is 0 Å². The molecule has 11 heavy (non-hydrogen) atoms. The third-order valence-electron chi connectivity index (χ3n) is 1.79. The Morgan fingerprint density at radius 3 is 2.00 bits per heavy atom. The van der Waals surface area contributed by atoms with E-state index in [4.69, 9.17) is 0 Å². The molecule has 0 spiro atoms. The molecule has 0 aromatic carbocycles. The van der Waals surface area contributed by atoms with Gasteiger partial charge in [0.2, 0.25) is 0 Å². The molecule has 0 saturated carbocycles. The lowest BCUT2D eigenvalue weighted by Crippen LogP contribution is -1.68.